The summed E-state index contributed by atoms with van der Waals surface area (Å²) in [4.78, 5) is 34.3. The molecule has 0 unspecified atom stereocenters. The molecule has 34 heavy (non-hydrogen) atoms. The highest BCUT2D eigenvalue weighted by Gasteiger charge is 2.16. The molecule has 3 rings (SSSR count). The molecule has 1 saturated heterocycles. The summed E-state index contributed by atoms with van der Waals surface area (Å²) in [6.45, 7) is 9.08. The quantitative estimate of drug-likeness (QED) is 0.403. The van der Waals surface area contributed by atoms with E-state index in [1.807, 2.05) is 12.1 Å². The topological polar surface area (TPSA) is 107 Å². The van der Waals surface area contributed by atoms with Crippen molar-refractivity contribution in [1.29, 1.82) is 0 Å². The summed E-state index contributed by atoms with van der Waals surface area (Å²) >= 11 is 0. The number of ether oxygens (including phenoxy) is 1. The molecule has 184 valence electrons. The number of aliphatic carboxylic acids is 2. The minimum absolute atomic E-state index is 0.237. The maximum atomic E-state index is 11.1. The van der Waals surface area contributed by atoms with Gasteiger partial charge in [0, 0.05) is 45.7 Å². The fraction of sp³-hybridized carbons (Fsp3) is 0.423. The normalized spacial score (nSPS) is 14.0. The van der Waals surface area contributed by atoms with Crippen molar-refractivity contribution in [3.05, 3.63) is 65.7 Å². The van der Waals surface area contributed by atoms with E-state index in [4.69, 9.17) is 24.5 Å². The van der Waals surface area contributed by atoms with E-state index in [1.165, 1.54) is 11.1 Å². The van der Waals surface area contributed by atoms with Gasteiger partial charge in [0.2, 0.25) is 0 Å². The number of nitrogens with zero attached hydrogens (tertiary/aromatic N) is 2. The van der Waals surface area contributed by atoms with Crippen molar-refractivity contribution >= 4 is 17.7 Å². The van der Waals surface area contributed by atoms with Crippen molar-refractivity contribution in [2.45, 2.75) is 32.7 Å². The third-order valence-corrected chi connectivity index (χ3v) is 5.47. The highest BCUT2D eigenvalue weighted by molar-refractivity contribution is 6.27. The number of Topliss-reactive ketones (excluding diaryl/α,β-unsaturated/α-hetero) is 1. The number of ketones is 1. The molecule has 0 spiro atoms. The number of carboxylic acid groups (broad SMARTS) is 2. The molecule has 1 aliphatic rings. The highest BCUT2D eigenvalue weighted by Crippen LogP contribution is 2.14. The summed E-state index contributed by atoms with van der Waals surface area (Å²) in [5, 5.41) is 14.8. The van der Waals surface area contributed by atoms with E-state index in [0.29, 0.717) is 6.42 Å². The first-order valence-electron chi connectivity index (χ1n) is 11.5. The monoisotopic (exact) mass is 470 g/mol. The average molecular weight is 471 g/mol. The summed E-state index contributed by atoms with van der Waals surface area (Å²) in [7, 11) is 0. The first-order chi connectivity index (χ1) is 16.3. The maximum Gasteiger partial charge on any atom is 0.414 e. The minimum Gasteiger partial charge on any atom is -0.494 e. The maximum absolute atomic E-state index is 11.1. The number of carbonyl (C=O) groups is 3. The second-order valence-corrected chi connectivity index (χ2v) is 8.26. The molecular weight excluding hydrogens is 436 g/mol. The van der Waals surface area contributed by atoms with Gasteiger partial charge >= 0.3 is 11.9 Å². The fourth-order valence-corrected chi connectivity index (χ4v) is 3.56. The van der Waals surface area contributed by atoms with E-state index in [2.05, 4.69) is 52.3 Å². The number of benzene rings is 2. The lowest BCUT2D eigenvalue weighted by atomic mass is 10.1. The van der Waals surface area contributed by atoms with Crippen LogP contribution in [0.1, 0.15) is 30.9 Å². The van der Waals surface area contributed by atoms with Gasteiger partial charge in [-0.3, -0.25) is 4.90 Å². The molecule has 1 fully saturated rings. The lowest BCUT2D eigenvalue weighted by Gasteiger charge is -2.34. The molecule has 1 aliphatic heterocycles. The molecule has 0 amide bonds. The average Bonchev–Trinajstić information content (AvgIpc) is 2.83. The Balaban J connectivity index is 0.000000604. The molecule has 0 atom stereocenters. The molecule has 2 aromatic rings. The zero-order chi connectivity index (χ0) is 24.8. The van der Waals surface area contributed by atoms with Crippen LogP contribution >= 0.6 is 0 Å². The number of carbonyl (C=O) groups excluding carboxylic acids is 1. The summed E-state index contributed by atoms with van der Waals surface area (Å²) in [6.07, 6.45) is 2.47. The van der Waals surface area contributed by atoms with Crippen LogP contribution in [-0.2, 0) is 27.3 Å². The van der Waals surface area contributed by atoms with Gasteiger partial charge in [-0.15, -0.1) is 0 Å². The molecular formula is C26H34N2O6. The molecule has 2 aromatic carbocycles. The summed E-state index contributed by atoms with van der Waals surface area (Å²) in [5.74, 6) is -2.49. The zero-order valence-corrected chi connectivity index (χ0v) is 19.7. The van der Waals surface area contributed by atoms with Crippen LogP contribution in [0.5, 0.6) is 5.75 Å². The second-order valence-electron chi connectivity index (χ2n) is 8.26. The minimum atomic E-state index is -1.82. The molecule has 0 bridgehead atoms. The Morgan fingerprint density at radius 1 is 0.824 bits per heavy atom. The number of hydrogen-bond acceptors (Lipinski definition) is 6. The molecule has 0 saturated carbocycles. The van der Waals surface area contributed by atoms with Crippen LogP contribution < -0.4 is 4.74 Å². The second kappa shape index (κ2) is 14.8. The number of aryl methyl sites for hydroxylation is 1. The fourth-order valence-electron chi connectivity index (χ4n) is 3.56. The van der Waals surface area contributed by atoms with Crippen molar-refractivity contribution in [1.82, 2.24) is 9.80 Å². The number of carboxylic acids is 2. The van der Waals surface area contributed by atoms with E-state index in [9.17, 15) is 4.79 Å². The van der Waals surface area contributed by atoms with E-state index in [0.717, 1.165) is 64.5 Å². The molecule has 0 radical (unpaired) electrons. The van der Waals surface area contributed by atoms with Gasteiger partial charge in [-0.1, -0.05) is 42.5 Å². The Hall–Kier alpha value is -3.23. The Kier molecular flexibility index (Phi) is 11.8. The van der Waals surface area contributed by atoms with Crippen LogP contribution in [0.4, 0.5) is 0 Å². The van der Waals surface area contributed by atoms with E-state index < -0.39 is 11.9 Å². The van der Waals surface area contributed by atoms with Crippen molar-refractivity contribution in [2.75, 3.05) is 39.3 Å². The van der Waals surface area contributed by atoms with Gasteiger partial charge < -0.3 is 24.6 Å². The Morgan fingerprint density at radius 3 is 1.97 bits per heavy atom. The smallest absolute Gasteiger partial charge is 0.414 e. The van der Waals surface area contributed by atoms with Crippen molar-refractivity contribution in [2.24, 2.45) is 0 Å². The molecule has 8 heteroatoms. The van der Waals surface area contributed by atoms with Gasteiger partial charge in [0.15, 0.2) is 0 Å². The van der Waals surface area contributed by atoms with Crippen molar-refractivity contribution in [3.8, 4) is 5.75 Å². The molecule has 2 N–H and O–H groups in total. The van der Waals surface area contributed by atoms with Crippen LogP contribution in [0.25, 0.3) is 0 Å². The number of rotatable bonds is 10. The predicted molar refractivity (Wildman–Crippen MR) is 129 cm³/mol. The Morgan fingerprint density at radius 2 is 1.41 bits per heavy atom. The summed E-state index contributed by atoms with van der Waals surface area (Å²) in [5.41, 5.74) is 2.59. The van der Waals surface area contributed by atoms with Gasteiger partial charge in [-0.2, -0.15) is 0 Å². The lowest BCUT2D eigenvalue weighted by Crippen LogP contribution is -2.46. The standard InChI is InChI=1S/C24H32N2O2.C2H2O4/c1-21(27)8-9-22-10-12-24(13-11-22)28-19-5-14-25-15-17-26(18-16-25)20-23-6-3-2-4-7-23;3-1(4)2(5)6/h2-4,6-7,10-13H,5,8-9,14-20H2,1H3;(H,3,4)(H,5,6). The van der Waals surface area contributed by atoms with Gasteiger partial charge in [0.1, 0.15) is 11.5 Å². The van der Waals surface area contributed by atoms with Gasteiger partial charge in [0.05, 0.1) is 6.61 Å². The van der Waals surface area contributed by atoms with Gasteiger partial charge in [-0.05, 0) is 43.0 Å². The third-order valence-electron chi connectivity index (χ3n) is 5.47. The zero-order valence-electron chi connectivity index (χ0n) is 19.7. The van der Waals surface area contributed by atoms with E-state index in [1.54, 1.807) is 6.92 Å². The first-order valence-corrected chi connectivity index (χ1v) is 11.5. The highest BCUT2D eigenvalue weighted by atomic mass is 16.5. The summed E-state index contributed by atoms with van der Waals surface area (Å²) < 4.78 is 5.87. The third kappa shape index (κ3) is 11.1. The van der Waals surface area contributed by atoms with Crippen molar-refractivity contribution < 1.29 is 29.3 Å². The van der Waals surface area contributed by atoms with E-state index >= 15 is 0 Å². The number of hydrogen-bond donors (Lipinski definition) is 2. The van der Waals surface area contributed by atoms with Crippen LogP contribution in [-0.4, -0.2) is 77.1 Å². The predicted octanol–water partition coefficient (Wildman–Crippen LogP) is 2.95. The molecule has 8 nitrogen and oxygen atoms in total. The first kappa shape index (κ1) is 27.0. The van der Waals surface area contributed by atoms with Crippen molar-refractivity contribution in [3.63, 3.8) is 0 Å². The van der Waals surface area contributed by atoms with Gasteiger partial charge in [-0.25, -0.2) is 9.59 Å². The van der Waals surface area contributed by atoms with Crippen LogP contribution in [0.2, 0.25) is 0 Å². The van der Waals surface area contributed by atoms with E-state index in [-0.39, 0.29) is 5.78 Å². The lowest BCUT2D eigenvalue weighted by molar-refractivity contribution is -0.159. The van der Waals surface area contributed by atoms with Crippen LogP contribution in [0.3, 0.4) is 0 Å². The SMILES string of the molecule is CC(=O)CCc1ccc(OCCCN2CCN(Cc3ccccc3)CC2)cc1.O=C(O)C(=O)O. The molecule has 1 heterocycles. The molecule has 0 aromatic heterocycles. The van der Waals surface area contributed by atoms with Gasteiger partial charge in [0.25, 0.3) is 0 Å². The summed E-state index contributed by atoms with van der Waals surface area (Å²) in [6, 6.07) is 18.9. The van der Waals surface area contributed by atoms with Crippen LogP contribution in [0.15, 0.2) is 54.6 Å². The molecule has 0 aliphatic carbocycles. The Labute approximate surface area is 200 Å². The largest absolute Gasteiger partial charge is 0.494 e. The Bertz CT molecular complexity index is 881. The number of piperazine rings is 1. The van der Waals surface area contributed by atoms with Crippen LogP contribution in [0, 0.1) is 0 Å².